The molecule has 0 unspecified atom stereocenters. The molecule has 150 valence electrons. The largest absolute Gasteiger partial charge is 0.496 e. The lowest BCUT2D eigenvalue weighted by molar-refractivity contribution is 0.0342. The number of morpholine rings is 1. The van der Waals surface area contributed by atoms with E-state index in [4.69, 9.17) is 9.47 Å². The fraction of sp³-hybridized carbons (Fsp3) is 0.304. The van der Waals surface area contributed by atoms with Crippen LogP contribution < -0.4 is 10.3 Å². The van der Waals surface area contributed by atoms with Crippen LogP contribution in [0.2, 0.25) is 0 Å². The second kappa shape index (κ2) is 9.03. The first-order chi connectivity index (χ1) is 14.2. The molecule has 29 heavy (non-hydrogen) atoms. The van der Waals surface area contributed by atoms with Gasteiger partial charge in [0.2, 0.25) is 0 Å². The maximum Gasteiger partial charge on any atom is 0.251 e. The molecule has 1 aliphatic heterocycles. The van der Waals surface area contributed by atoms with Crippen molar-refractivity contribution in [3.8, 4) is 17.1 Å². The highest BCUT2D eigenvalue weighted by Crippen LogP contribution is 2.21. The summed E-state index contributed by atoms with van der Waals surface area (Å²) < 4.78 is 10.8. The second-order valence-corrected chi connectivity index (χ2v) is 7.16. The number of nitrogens with one attached hydrogen (secondary N) is 1. The van der Waals surface area contributed by atoms with Crippen molar-refractivity contribution in [2.24, 2.45) is 0 Å². The third-order valence-corrected chi connectivity index (χ3v) is 5.10. The van der Waals surface area contributed by atoms with Crippen LogP contribution in [0.1, 0.15) is 16.8 Å². The fourth-order valence-corrected chi connectivity index (χ4v) is 3.56. The Hall–Kier alpha value is -2.96. The summed E-state index contributed by atoms with van der Waals surface area (Å²) in [6.07, 6.45) is 0.538. The van der Waals surface area contributed by atoms with E-state index in [-0.39, 0.29) is 5.56 Å². The van der Waals surface area contributed by atoms with Crippen LogP contribution in [0, 0.1) is 0 Å². The number of benzene rings is 2. The van der Waals surface area contributed by atoms with Gasteiger partial charge in [0.05, 0.1) is 26.0 Å². The van der Waals surface area contributed by atoms with Crippen LogP contribution in [0.5, 0.6) is 5.75 Å². The third-order valence-electron chi connectivity index (χ3n) is 5.10. The number of aromatic nitrogens is 2. The number of hydrogen-bond acceptors (Lipinski definition) is 5. The quantitative estimate of drug-likeness (QED) is 0.700. The first-order valence-electron chi connectivity index (χ1n) is 9.83. The Morgan fingerprint density at radius 3 is 2.62 bits per heavy atom. The molecule has 0 spiro atoms. The Labute approximate surface area is 170 Å². The summed E-state index contributed by atoms with van der Waals surface area (Å²) in [4.78, 5) is 22.1. The number of nitrogens with zero attached hydrogens (tertiary/aromatic N) is 2. The van der Waals surface area contributed by atoms with E-state index in [0.717, 1.165) is 49.7 Å². The molecule has 0 amide bonds. The lowest BCUT2D eigenvalue weighted by atomic mass is 10.1. The standard InChI is InChI=1S/C23H25N3O3/c1-28-21-5-3-2-4-19(21)14-20-15-22(27)25-23(24-20)18-8-6-17(7-9-18)16-26-10-12-29-13-11-26/h2-9,15H,10-14,16H2,1H3,(H,24,25,27). The van der Waals surface area contributed by atoms with Crippen LogP contribution in [0.25, 0.3) is 11.4 Å². The molecule has 1 N–H and O–H groups in total. The summed E-state index contributed by atoms with van der Waals surface area (Å²) in [5, 5.41) is 0. The average molecular weight is 391 g/mol. The summed E-state index contributed by atoms with van der Waals surface area (Å²) >= 11 is 0. The number of H-pyrrole nitrogens is 1. The van der Waals surface area contributed by atoms with E-state index in [1.54, 1.807) is 13.2 Å². The highest BCUT2D eigenvalue weighted by molar-refractivity contribution is 5.55. The van der Waals surface area contributed by atoms with E-state index in [1.165, 1.54) is 5.56 Å². The van der Waals surface area contributed by atoms with Crippen LogP contribution >= 0.6 is 0 Å². The number of para-hydroxylation sites is 1. The van der Waals surface area contributed by atoms with Crippen LogP contribution in [-0.4, -0.2) is 48.3 Å². The Morgan fingerprint density at radius 1 is 1.10 bits per heavy atom. The molecule has 6 nitrogen and oxygen atoms in total. The van der Waals surface area contributed by atoms with Gasteiger partial charge >= 0.3 is 0 Å². The second-order valence-electron chi connectivity index (χ2n) is 7.16. The van der Waals surface area contributed by atoms with Crippen molar-refractivity contribution < 1.29 is 9.47 Å². The molecule has 0 bridgehead atoms. The van der Waals surface area contributed by atoms with E-state index in [9.17, 15) is 4.79 Å². The molecule has 3 aromatic rings. The molecule has 0 aliphatic carbocycles. The number of ether oxygens (including phenoxy) is 2. The van der Waals surface area contributed by atoms with E-state index < -0.39 is 0 Å². The van der Waals surface area contributed by atoms with Gasteiger partial charge < -0.3 is 14.5 Å². The van der Waals surface area contributed by atoms with Gasteiger partial charge in [0.1, 0.15) is 11.6 Å². The minimum atomic E-state index is -0.155. The first-order valence-corrected chi connectivity index (χ1v) is 9.83. The normalized spacial score (nSPS) is 14.7. The number of aromatic amines is 1. The minimum Gasteiger partial charge on any atom is -0.496 e. The SMILES string of the molecule is COc1ccccc1Cc1cc(=O)[nH]c(-c2ccc(CN3CCOCC3)cc2)n1. The molecule has 2 heterocycles. The summed E-state index contributed by atoms with van der Waals surface area (Å²) in [5.74, 6) is 1.38. The maximum absolute atomic E-state index is 12.2. The van der Waals surface area contributed by atoms with Gasteiger partial charge in [-0.3, -0.25) is 9.69 Å². The van der Waals surface area contributed by atoms with Crippen molar-refractivity contribution in [2.45, 2.75) is 13.0 Å². The number of hydrogen-bond donors (Lipinski definition) is 1. The molecule has 1 aromatic heterocycles. The lowest BCUT2D eigenvalue weighted by Crippen LogP contribution is -2.35. The van der Waals surface area contributed by atoms with Gasteiger partial charge in [-0.2, -0.15) is 0 Å². The zero-order valence-electron chi connectivity index (χ0n) is 16.6. The van der Waals surface area contributed by atoms with Crippen molar-refractivity contribution in [3.63, 3.8) is 0 Å². The number of rotatable bonds is 6. The smallest absolute Gasteiger partial charge is 0.251 e. The molecule has 4 rings (SSSR count). The molecule has 0 atom stereocenters. The van der Waals surface area contributed by atoms with Crippen LogP contribution in [0.15, 0.2) is 59.4 Å². The Balaban J connectivity index is 1.53. The zero-order valence-corrected chi connectivity index (χ0v) is 16.6. The topological polar surface area (TPSA) is 67.5 Å². The first kappa shape index (κ1) is 19.4. The van der Waals surface area contributed by atoms with Gasteiger partial charge in [-0.05, 0) is 11.6 Å². The molecule has 2 aromatic carbocycles. The Kier molecular flexibility index (Phi) is 6.03. The van der Waals surface area contributed by atoms with Gasteiger partial charge in [-0.1, -0.05) is 42.5 Å². The van der Waals surface area contributed by atoms with E-state index in [0.29, 0.717) is 17.9 Å². The molecule has 0 radical (unpaired) electrons. The minimum absolute atomic E-state index is 0.155. The van der Waals surface area contributed by atoms with Crippen molar-refractivity contribution in [1.29, 1.82) is 0 Å². The van der Waals surface area contributed by atoms with Gasteiger partial charge in [-0.15, -0.1) is 0 Å². The predicted molar refractivity (Wildman–Crippen MR) is 112 cm³/mol. The van der Waals surface area contributed by atoms with Crippen LogP contribution in [0.3, 0.4) is 0 Å². The summed E-state index contributed by atoms with van der Waals surface area (Å²) in [7, 11) is 1.65. The summed E-state index contributed by atoms with van der Waals surface area (Å²) in [6, 6.07) is 17.6. The lowest BCUT2D eigenvalue weighted by Gasteiger charge is -2.26. The van der Waals surface area contributed by atoms with Crippen molar-refractivity contribution >= 4 is 0 Å². The van der Waals surface area contributed by atoms with Gasteiger partial charge in [0.25, 0.3) is 5.56 Å². The van der Waals surface area contributed by atoms with Crippen molar-refractivity contribution in [1.82, 2.24) is 14.9 Å². The van der Waals surface area contributed by atoms with Crippen molar-refractivity contribution in [2.75, 3.05) is 33.4 Å². The molecule has 6 heteroatoms. The summed E-state index contributed by atoms with van der Waals surface area (Å²) in [5.41, 5.74) is 3.70. The van der Waals surface area contributed by atoms with Gasteiger partial charge in [-0.25, -0.2) is 4.98 Å². The van der Waals surface area contributed by atoms with E-state index >= 15 is 0 Å². The fourth-order valence-electron chi connectivity index (χ4n) is 3.56. The zero-order chi connectivity index (χ0) is 20.1. The van der Waals surface area contributed by atoms with Gasteiger partial charge in [0, 0.05) is 43.2 Å². The number of methoxy groups -OCH3 is 1. The molecule has 1 fully saturated rings. The molecule has 1 aliphatic rings. The monoisotopic (exact) mass is 391 g/mol. The maximum atomic E-state index is 12.2. The Bertz CT molecular complexity index is 1010. The highest BCUT2D eigenvalue weighted by Gasteiger charge is 2.12. The third kappa shape index (κ3) is 4.91. The summed E-state index contributed by atoms with van der Waals surface area (Å²) in [6.45, 7) is 4.41. The van der Waals surface area contributed by atoms with Crippen LogP contribution in [0.4, 0.5) is 0 Å². The molecular weight excluding hydrogens is 366 g/mol. The Morgan fingerprint density at radius 2 is 1.86 bits per heavy atom. The van der Waals surface area contributed by atoms with E-state index in [1.807, 2.05) is 36.4 Å². The molecular formula is C23H25N3O3. The highest BCUT2D eigenvalue weighted by atomic mass is 16.5. The molecule has 0 saturated carbocycles. The van der Waals surface area contributed by atoms with E-state index in [2.05, 4.69) is 27.0 Å². The van der Waals surface area contributed by atoms with Crippen LogP contribution in [-0.2, 0) is 17.7 Å². The predicted octanol–water partition coefficient (Wildman–Crippen LogP) is 2.87. The average Bonchev–Trinajstić information content (AvgIpc) is 2.75. The molecule has 1 saturated heterocycles. The van der Waals surface area contributed by atoms with Gasteiger partial charge in [0.15, 0.2) is 0 Å². The van der Waals surface area contributed by atoms with Crippen molar-refractivity contribution in [3.05, 3.63) is 81.8 Å².